The predicted molar refractivity (Wildman–Crippen MR) is 81.5 cm³/mol. The summed E-state index contributed by atoms with van der Waals surface area (Å²) in [5.41, 5.74) is 5.19. The Morgan fingerprint density at radius 2 is 1.95 bits per heavy atom. The van der Waals surface area contributed by atoms with Crippen LogP contribution < -0.4 is 11.1 Å². The van der Waals surface area contributed by atoms with E-state index in [1.807, 2.05) is 0 Å². The number of hydrogen-bond donors (Lipinski definition) is 2. The molecular weight excluding hydrogens is 299 g/mol. The molecule has 0 aliphatic carbocycles. The van der Waals surface area contributed by atoms with Crippen molar-refractivity contribution in [3.63, 3.8) is 0 Å². The average molecular weight is 315 g/mol. The van der Waals surface area contributed by atoms with Gasteiger partial charge in [-0.1, -0.05) is 29.3 Å². The minimum atomic E-state index is -0.785. The molecule has 1 aromatic rings. The highest BCUT2D eigenvalue weighted by Crippen LogP contribution is 2.23. The van der Waals surface area contributed by atoms with Gasteiger partial charge in [0, 0.05) is 12.6 Å². The fourth-order valence-corrected chi connectivity index (χ4v) is 1.55. The Bertz CT molecular complexity index is 554. The third kappa shape index (κ3) is 4.87. The Hall–Kier alpha value is -1.52. The molecule has 108 valence electrons. The highest BCUT2D eigenvalue weighted by atomic mass is 35.5. The van der Waals surface area contributed by atoms with Crippen molar-refractivity contribution in [3.8, 4) is 0 Å². The van der Waals surface area contributed by atoms with Crippen LogP contribution in [0.4, 0.5) is 0 Å². The Kier molecular flexibility index (Phi) is 5.60. The molecule has 20 heavy (non-hydrogen) atoms. The van der Waals surface area contributed by atoms with Gasteiger partial charge < -0.3 is 11.1 Å². The topological polar surface area (TPSA) is 72.2 Å². The Morgan fingerprint density at radius 3 is 2.50 bits per heavy atom. The molecule has 4 nitrogen and oxygen atoms in total. The van der Waals surface area contributed by atoms with Gasteiger partial charge in [0.2, 0.25) is 11.8 Å². The van der Waals surface area contributed by atoms with Crippen molar-refractivity contribution in [2.75, 3.05) is 6.54 Å². The fourth-order valence-electron chi connectivity index (χ4n) is 1.24. The van der Waals surface area contributed by atoms with E-state index in [0.29, 0.717) is 10.0 Å². The molecule has 0 saturated carbocycles. The van der Waals surface area contributed by atoms with Crippen molar-refractivity contribution in [3.05, 3.63) is 39.9 Å². The van der Waals surface area contributed by atoms with E-state index >= 15 is 0 Å². The number of primary amides is 1. The summed E-state index contributed by atoms with van der Waals surface area (Å²) in [6.07, 6.45) is 2.96. The van der Waals surface area contributed by atoms with Gasteiger partial charge in [0.05, 0.1) is 15.5 Å². The molecule has 0 atom stereocenters. The van der Waals surface area contributed by atoms with Crippen molar-refractivity contribution in [2.24, 2.45) is 11.1 Å². The third-order valence-electron chi connectivity index (χ3n) is 2.74. The molecule has 0 aromatic heterocycles. The minimum absolute atomic E-state index is 0.173. The van der Waals surface area contributed by atoms with Gasteiger partial charge in [-0.2, -0.15) is 0 Å². The molecule has 2 amide bonds. The maximum atomic E-state index is 11.6. The lowest BCUT2D eigenvalue weighted by molar-refractivity contribution is -0.126. The van der Waals surface area contributed by atoms with Crippen LogP contribution in [0.25, 0.3) is 6.08 Å². The summed E-state index contributed by atoms with van der Waals surface area (Å²) in [5, 5.41) is 3.49. The SMILES string of the molecule is CC(C)(CNC(=O)/C=C/c1ccc(Cl)c(Cl)c1)C(N)=O. The Labute approximate surface area is 127 Å². The number of nitrogens with one attached hydrogen (secondary N) is 1. The minimum Gasteiger partial charge on any atom is -0.369 e. The van der Waals surface area contributed by atoms with Gasteiger partial charge in [0.15, 0.2) is 0 Å². The molecule has 0 bridgehead atoms. The summed E-state index contributed by atoms with van der Waals surface area (Å²) in [4.78, 5) is 22.7. The highest BCUT2D eigenvalue weighted by Gasteiger charge is 2.24. The van der Waals surface area contributed by atoms with Gasteiger partial charge >= 0.3 is 0 Å². The molecule has 0 aliphatic rings. The summed E-state index contributed by atoms with van der Waals surface area (Å²) in [5.74, 6) is -0.781. The quantitative estimate of drug-likeness (QED) is 0.820. The summed E-state index contributed by atoms with van der Waals surface area (Å²) in [7, 11) is 0. The van der Waals surface area contributed by atoms with Crippen LogP contribution in [0, 0.1) is 5.41 Å². The average Bonchev–Trinajstić information content (AvgIpc) is 2.37. The Balaban J connectivity index is 2.60. The van der Waals surface area contributed by atoms with Gasteiger partial charge in [-0.25, -0.2) is 0 Å². The second-order valence-electron chi connectivity index (χ2n) is 4.97. The number of rotatable bonds is 5. The molecule has 0 aliphatic heterocycles. The van der Waals surface area contributed by atoms with E-state index in [1.165, 1.54) is 6.08 Å². The lowest BCUT2D eigenvalue weighted by Gasteiger charge is -2.20. The number of benzene rings is 1. The van der Waals surface area contributed by atoms with Crippen molar-refractivity contribution < 1.29 is 9.59 Å². The maximum absolute atomic E-state index is 11.6. The fraction of sp³-hybridized carbons (Fsp3) is 0.286. The first kappa shape index (κ1) is 16.5. The predicted octanol–water partition coefficient (Wildman–Crippen LogP) is 2.63. The molecule has 1 rings (SSSR count). The number of amides is 2. The van der Waals surface area contributed by atoms with Crippen LogP contribution in [0.5, 0.6) is 0 Å². The Morgan fingerprint density at radius 1 is 1.30 bits per heavy atom. The van der Waals surface area contributed by atoms with Crippen LogP contribution in [0.3, 0.4) is 0 Å². The lowest BCUT2D eigenvalue weighted by atomic mass is 9.93. The molecular formula is C14H16Cl2N2O2. The van der Waals surface area contributed by atoms with Crippen LogP contribution in [0.1, 0.15) is 19.4 Å². The maximum Gasteiger partial charge on any atom is 0.244 e. The first-order valence-corrected chi connectivity index (χ1v) is 6.69. The van der Waals surface area contributed by atoms with Crippen LogP contribution >= 0.6 is 23.2 Å². The first-order chi connectivity index (χ1) is 9.22. The van der Waals surface area contributed by atoms with Gasteiger partial charge in [0.25, 0.3) is 0 Å². The number of carbonyl (C=O) groups is 2. The smallest absolute Gasteiger partial charge is 0.244 e. The first-order valence-electron chi connectivity index (χ1n) is 5.93. The normalized spacial score (nSPS) is 11.6. The molecule has 1 aromatic carbocycles. The second kappa shape index (κ2) is 6.77. The van der Waals surface area contributed by atoms with E-state index < -0.39 is 11.3 Å². The van der Waals surface area contributed by atoms with Crippen LogP contribution in [0.2, 0.25) is 10.0 Å². The number of hydrogen-bond acceptors (Lipinski definition) is 2. The number of nitrogens with two attached hydrogens (primary N) is 1. The zero-order chi connectivity index (χ0) is 15.3. The molecule has 0 saturated heterocycles. The van der Waals surface area contributed by atoms with Crippen LogP contribution in [-0.4, -0.2) is 18.4 Å². The van der Waals surface area contributed by atoms with E-state index in [-0.39, 0.29) is 12.5 Å². The van der Waals surface area contributed by atoms with Crippen molar-refractivity contribution >= 4 is 41.1 Å². The van der Waals surface area contributed by atoms with E-state index in [0.717, 1.165) is 5.56 Å². The third-order valence-corrected chi connectivity index (χ3v) is 3.48. The molecule has 3 N–H and O–H groups in total. The molecule has 0 spiro atoms. The van der Waals surface area contributed by atoms with E-state index in [1.54, 1.807) is 38.1 Å². The van der Waals surface area contributed by atoms with E-state index in [2.05, 4.69) is 5.32 Å². The van der Waals surface area contributed by atoms with Crippen LogP contribution in [0.15, 0.2) is 24.3 Å². The van der Waals surface area contributed by atoms with Crippen LogP contribution in [-0.2, 0) is 9.59 Å². The second-order valence-corrected chi connectivity index (χ2v) is 5.79. The summed E-state index contributed by atoms with van der Waals surface area (Å²) < 4.78 is 0. The van der Waals surface area contributed by atoms with Crippen molar-refractivity contribution in [1.82, 2.24) is 5.32 Å². The summed E-state index contributed by atoms with van der Waals surface area (Å²) >= 11 is 11.7. The monoisotopic (exact) mass is 314 g/mol. The van der Waals surface area contributed by atoms with Gasteiger partial charge in [-0.15, -0.1) is 0 Å². The lowest BCUT2D eigenvalue weighted by Crippen LogP contribution is -2.41. The van der Waals surface area contributed by atoms with Gasteiger partial charge in [-0.05, 0) is 37.6 Å². The zero-order valence-electron chi connectivity index (χ0n) is 11.2. The molecule has 6 heteroatoms. The van der Waals surface area contributed by atoms with E-state index in [9.17, 15) is 9.59 Å². The molecule has 0 unspecified atom stereocenters. The highest BCUT2D eigenvalue weighted by molar-refractivity contribution is 6.42. The molecule has 0 radical (unpaired) electrons. The molecule has 0 heterocycles. The number of halogens is 2. The van der Waals surface area contributed by atoms with Crippen molar-refractivity contribution in [2.45, 2.75) is 13.8 Å². The standard InChI is InChI=1S/C14H16Cl2N2O2/c1-14(2,13(17)20)8-18-12(19)6-4-9-3-5-10(15)11(16)7-9/h3-7H,8H2,1-2H3,(H2,17,20)(H,18,19)/b6-4+. The van der Waals surface area contributed by atoms with Gasteiger partial charge in [-0.3, -0.25) is 9.59 Å². The van der Waals surface area contributed by atoms with E-state index in [4.69, 9.17) is 28.9 Å². The summed E-state index contributed by atoms with van der Waals surface area (Å²) in [6.45, 7) is 3.50. The molecule has 0 fully saturated rings. The zero-order valence-corrected chi connectivity index (χ0v) is 12.8. The van der Waals surface area contributed by atoms with Crippen molar-refractivity contribution in [1.29, 1.82) is 0 Å². The summed E-state index contributed by atoms with van der Waals surface area (Å²) in [6, 6.07) is 5.05. The number of carbonyl (C=O) groups excluding carboxylic acids is 2. The largest absolute Gasteiger partial charge is 0.369 e. The van der Waals surface area contributed by atoms with Gasteiger partial charge in [0.1, 0.15) is 0 Å².